The maximum Gasteiger partial charge on any atom is 0.122 e. The number of aromatic nitrogens is 2. The first kappa shape index (κ1) is 14.2. The molecule has 2 aromatic heterocycles. The number of aryl methyl sites for hydroxylation is 2. The van der Waals surface area contributed by atoms with Gasteiger partial charge in [-0.15, -0.1) is 11.3 Å². The minimum absolute atomic E-state index is 0.0858. The molecule has 0 spiro atoms. The minimum atomic E-state index is 0.0858. The summed E-state index contributed by atoms with van der Waals surface area (Å²) < 4.78 is 2.05. The summed E-state index contributed by atoms with van der Waals surface area (Å²) in [5.41, 5.74) is 7.52. The standard InChI is InChI=1S/C14H22N4S/c1-10-5-8-19-14(10)13(11(2)15)18(4)9-12-16-6-7-17(12)3/h5-8,11,13H,9,15H2,1-4H3. The van der Waals surface area contributed by atoms with Crippen molar-refractivity contribution >= 4 is 11.3 Å². The van der Waals surface area contributed by atoms with E-state index in [0.717, 1.165) is 12.4 Å². The van der Waals surface area contributed by atoms with Gasteiger partial charge in [-0.05, 0) is 37.9 Å². The number of hydrogen-bond acceptors (Lipinski definition) is 4. The predicted octanol–water partition coefficient (Wildman–Crippen LogP) is 2.31. The van der Waals surface area contributed by atoms with Crippen LogP contribution in [0.15, 0.2) is 23.8 Å². The molecule has 0 bridgehead atoms. The number of rotatable bonds is 5. The van der Waals surface area contributed by atoms with Gasteiger partial charge >= 0.3 is 0 Å². The van der Waals surface area contributed by atoms with Crippen molar-refractivity contribution in [2.45, 2.75) is 32.5 Å². The van der Waals surface area contributed by atoms with Crippen molar-refractivity contribution in [1.82, 2.24) is 14.5 Å². The smallest absolute Gasteiger partial charge is 0.122 e. The fourth-order valence-electron chi connectivity index (χ4n) is 2.40. The molecule has 0 aliphatic rings. The summed E-state index contributed by atoms with van der Waals surface area (Å²) in [6.45, 7) is 5.02. The molecule has 0 aliphatic heterocycles. The molecular formula is C14H22N4S. The van der Waals surface area contributed by atoms with E-state index in [1.165, 1.54) is 10.4 Å². The van der Waals surface area contributed by atoms with Crippen molar-refractivity contribution in [3.05, 3.63) is 40.1 Å². The third-order valence-electron chi connectivity index (χ3n) is 3.46. The summed E-state index contributed by atoms with van der Waals surface area (Å²) in [6, 6.07) is 2.48. The fraction of sp³-hybridized carbons (Fsp3) is 0.500. The van der Waals surface area contributed by atoms with Crippen LogP contribution in [0, 0.1) is 6.92 Å². The monoisotopic (exact) mass is 278 g/mol. The second-order valence-corrected chi connectivity index (χ2v) is 6.09. The molecule has 2 unspecified atom stereocenters. The van der Waals surface area contributed by atoms with Gasteiger partial charge in [0.2, 0.25) is 0 Å². The van der Waals surface area contributed by atoms with Crippen molar-refractivity contribution in [3.8, 4) is 0 Å². The Hall–Kier alpha value is -1.17. The van der Waals surface area contributed by atoms with Gasteiger partial charge < -0.3 is 10.3 Å². The molecule has 5 heteroatoms. The lowest BCUT2D eigenvalue weighted by Crippen LogP contribution is -2.37. The largest absolute Gasteiger partial charge is 0.337 e. The van der Waals surface area contributed by atoms with Crippen molar-refractivity contribution < 1.29 is 0 Å². The number of nitrogens with two attached hydrogens (primary N) is 1. The summed E-state index contributed by atoms with van der Waals surface area (Å²) >= 11 is 1.78. The van der Waals surface area contributed by atoms with Crippen LogP contribution < -0.4 is 5.73 Å². The molecular weight excluding hydrogens is 256 g/mol. The average molecular weight is 278 g/mol. The van der Waals surface area contributed by atoms with Crippen LogP contribution in [-0.4, -0.2) is 27.5 Å². The molecule has 0 saturated carbocycles. The van der Waals surface area contributed by atoms with E-state index in [9.17, 15) is 0 Å². The number of hydrogen-bond donors (Lipinski definition) is 1. The summed E-state index contributed by atoms with van der Waals surface area (Å²) in [7, 11) is 4.13. The zero-order valence-electron chi connectivity index (χ0n) is 12.0. The van der Waals surface area contributed by atoms with Gasteiger partial charge in [0, 0.05) is 30.4 Å². The first-order valence-corrected chi connectivity index (χ1v) is 7.34. The maximum absolute atomic E-state index is 6.20. The zero-order valence-corrected chi connectivity index (χ0v) is 12.8. The summed E-state index contributed by atoms with van der Waals surface area (Å²) in [6.07, 6.45) is 3.81. The quantitative estimate of drug-likeness (QED) is 0.913. The Morgan fingerprint density at radius 3 is 2.74 bits per heavy atom. The van der Waals surface area contributed by atoms with Crippen molar-refractivity contribution in [1.29, 1.82) is 0 Å². The highest BCUT2D eigenvalue weighted by Gasteiger charge is 2.24. The van der Waals surface area contributed by atoms with E-state index in [-0.39, 0.29) is 12.1 Å². The van der Waals surface area contributed by atoms with Gasteiger partial charge in [0.05, 0.1) is 12.6 Å². The number of imidazole rings is 1. The minimum Gasteiger partial charge on any atom is -0.337 e. The highest BCUT2D eigenvalue weighted by Crippen LogP contribution is 2.30. The van der Waals surface area contributed by atoms with E-state index < -0.39 is 0 Å². The fourth-order valence-corrected chi connectivity index (χ4v) is 3.60. The van der Waals surface area contributed by atoms with Crippen LogP contribution >= 0.6 is 11.3 Å². The van der Waals surface area contributed by atoms with Crippen molar-refractivity contribution in [2.24, 2.45) is 12.8 Å². The molecule has 19 heavy (non-hydrogen) atoms. The third kappa shape index (κ3) is 3.05. The second-order valence-electron chi connectivity index (χ2n) is 5.14. The van der Waals surface area contributed by atoms with Gasteiger partial charge in [-0.25, -0.2) is 4.98 Å². The molecule has 0 aliphatic carbocycles. The van der Waals surface area contributed by atoms with E-state index in [4.69, 9.17) is 5.73 Å². The number of thiophene rings is 1. The molecule has 0 saturated heterocycles. The van der Waals surface area contributed by atoms with Crippen LogP contribution in [0.3, 0.4) is 0 Å². The first-order valence-electron chi connectivity index (χ1n) is 6.46. The van der Waals surface area contributed by atoms with Gasteiger partial charge in [0.1, 0.15) is 5.82 Å². The Balaban J connectivity index is 2.21. The molecule has 0 fully saturated rings. The van der Waals surface area contributed by atoms with Gasteiger partial charge in [-0.1, -0.05) is 0 Å². The van der Waals surface area contributed by atoms with Crippen LogP contribution in [0.5, 0.6) is 0 Å². The second kappa shape index (κ2) is 5.86. The molecule has 4 nitrogen and oxygen atoms in total. The molecule has 2 aromatic rings. The van der Waals surface area contributed by atoms with Crippen molar-refractivity contribution in [3.63, 3.8) is 0 Å². The van der Waals surface area contributed by atoms with Gasteiger partial charge in [-0.3, -0.25) is 4.90 Å². The van der Waals surface area contributed by atoms with Crippen molar-refractivity contribution in [2.75, 3.05) is 7.05 Å². The average Bonchev–Trinajstić information content (AvgIpc) is 2.90. The summed E-state index contributed by atoms with van der Waals surface area (Å²) in [5.74, 6) is 1.06. The molecule has 0 amide bonds. The molecule has 104 valence electrons. The maximum atomic E-state index is 6.20. The highest BCUT2D eigenvalue weighted by atomic mass is 32.1. The van der Waals surface area contributed by atoms with Crippen LogP contribution in [0.4, 0.5) is 0 Å². The highest BCUT2D eigenvalue weighted by molar-refractivity contribution is 7.10. The summed E-state index contributed by atoms with van der Waals surface area (Å²) in [4.78, 5) is 8.02. The Labute approximate surface area is 118 Å². The molecule has 2 N–H and O–H groups in total. The Morgan fingerprint density at radius 2 is 2.26 bits per heavy atom. The van der Waals surface area contributed by atoms with E-state index in [1.807, 2.05) is 19.4 Å². The van der Waals surface area contributed by atoms with E-state index in [1.54, 1.807) is 11.3 Å². The lowest BCUT2D eigenvalue weighted by atomic mass is 10.0. The normalized spacial score (nSPS) is 14.8. The van der Waals surface area contributed by atoms with Crippen LogP contribution in [0.1, 0.15) is 29.2 Å². The first-order chi connectivity index (χ1) is 9.00. The lowest BCUT2D eigenvalue weighted by Gasteiger charge is -2.30. The molecule has 0 radical (unpaired) electrons. The number of nitrogens with zero attached hydrogens (tertiary/aromatic N) is 3. The topological polar surface area (TPSA) is 47.1 Å². The molecule has 0 aromatic carbocycles. The Morgan fingerprint density at radius 1 is 1.53 bits per heavy atom. The third-order valence-corrected chi connectivity index (χ3v) is 4.54. The van der Waals surface area contributed by atoms with Crippen LogP contribution in [0.25, 0.3) is 0 Å². The van der Waals surface area contributed by atoms with E-state index in [2.05, 4.69) is 46.8 Å². The molecule has 2 rings (SSSR count). The Kier molecular flexibility index (Phi) is 4.39. The van der Waals surface area contributed by atoms with Gasteiger partial charge in [0.25, 0.3) is 0 Å². The van der Waals surface area contributed by atoms with Crippen LogP contribution in [-0.2, 0) is 13.6 Å². The van der Waals surface area contributed by atoms with Crippen LogP contribution in [0.2, 0.25) is 0 Å². The van der Waals surface area contributed by atoms with E-state index >= 15 is 0 Å². The molecule has 2 atom stereocenters. The summed E-state index contributed by atoms with van der Waals surface area (Å²) in [5, 5.41) is 2.13. The van der Waals surface area contributed by atoms with E-state index in [0.29, 0.717) is 0 Å². The SMILES string of the molecule is Cc1ccsc1C(C(C)N)N(C)Cc1nccn1C. The number of likely N-dealkylation sites (N-methyl/N-ethyl adjacent to an activating group) is 1. The van der Waals surface area contributed by atoms with Gasteiger partial charge in [0.15, 0.2) is 0 Å². The lowest BCUT2D eigenvalue weighted by molar-refractivity contribution is 0.207. The van der Waals surface area contributed by atoms with Gasteiger partial charge in [-0.2, -0.15) is 0 Å². The Bertz CT molecular complexity index is 529. The predicted molar refractivity (Wildman–Crippen MR) is 80.1 cm³/mol. The molecule has 2 heterocycles. The zero-order chi connectivity index (χ0) is 14.0.